The van der Waals surface area contributed by atoms with Crippen LogP contribution in [0.2, 0.25) is 0 Å². The van der Waals surface area contributed by atoms with Crippen LogP contribution in [0, 0.1) is 0 Å². The maximum atomic E-state index is 12.1. The molecular weight excluding hydrogens is 435 g/mol. The predicted octanol–water partition coefficient (Wildman–Crippen LogP) is 2.31. The van der Waals surface area contributed by atoms with Crippen molar-refractivity contribution in [2.75, 3.05) is 19.3 Å². The van der Waals surface area contributed by atoms with Gasteiger partial charge in [-0.15, -0.1) is 24.0 Å². The molecule has 0 bridgehead atoms. The number of benzene rings is 1. The van der Waals surface area contributed by atoms with E-state index in [2.05, 4.69) is 20.6 Å². The fourth-order valence-electron chi connectivity index (χ4n) is 2.01. The van der Waals surface area contributed by atoms with Gasteiger partial charge in [0.25, 0.3) is 0 Å². The molecule has 0 fully saturated rings. The quantitative estimate of drug-likeness (QED) is 0.380. The maximum Gasteiger partial charge on any atom is 0.191 e. The first-order chi connectivity index (χ1) is 11.3. The van der Waals surface area contributed by atoms with E-state index in [-0.39, 0.29) is 24.0 Å². The molecule has 5 nitrogen and oxygen atoms in total. The summed E-state index contributed by atoms with van der Waals surface area (Å²) in [4.78, 5) is 8.40. The molecule has 0 spiro atoms. The van der Waals surface area contributed by atoms with Crippen molar-refractivity contribution in [2.24, 2.45) is 4.99 Å². The molecular formula is C17H23IN4OS. The Bertz CT molecular complexity index is 638. The molecule has 0 amide bonds. The summed E-state index contributed by atoms with van der Waals surface area (Å²) in [5.74, 6) is 1.86. The number of aromatic nitrogens is 1. The zero-order valence-electron chi connectivity index (χ0n) is 13.6. The molecule has 2 N–H and O–H groups in total. The lowest BCUT2D eigenvalue weighted by molar-refractivity contribution is 0.680. The second kappa shape index (κ2) is 12.0. The van der Waals surface area contributed by atoms with Gasteiger partial charge in [0.15, 0.2) is 5.96 Å². The van der Waals surface area contributed by atoms with Crippen molar-refractivity contribution >= 4 is 40.7 Å². The van der Waals surface area contributed by atoms with E-state index in [1.165, 1.54) is 0 Å². The van der Waals surface area contributed by atoms with E-state index < -0.39 is 10.8 Å². The predicted molar refractivity (Wildman–Crippen MR) is 111 cm³/mol. The van der Waals surface area contributed by atoms with E-state index in [9.17, 15) is 4.21 Å². The first-order valence-electron chi connectivity index (χ1n) is 7.51. The highest BCUT2D eigenvalue weighted by Gasteiger charge is 2.03. The average Bonchev–Trinajstić information content (AvgIpc) is 2.59. The van der Waals surface area contributed by atoms with Crippen LogP contribution in [0.25, 0.3) is 0 Å². The van der Waals surface area contributed by atoms with Crippen molar-refractivity contribution < 1.29 is 4.21 Å². The Kier molecular flexibility index (Phi) is 10.3. The molecule has 1 atom stereocenters. The Balaban J connectivity index is 0.00000288. The van der Waals surface area contributed by atoms with Crippen LogP contribution in [0.15, 0.2) is 59.7 Å². The Labute approximate surface area is 162 Å². The summed E-state index contributed by atoms with van der Waals surface area (Å²) in [6, 6.07) is 15.7. The molecule has 0 saturated heterocycles. The number of nitrogens with one attached hydrogen (secondary N) is 2. The Hall–Kier alpha value is -1.48. The zero-order valence-corrected chi connectivity index (χ0v) is 16.8. The standard InChI is InChI=1S/C17H22N4OS.HI/c1-18-17(21-13-16-9-5-6-10-19-16)20-11-12-23(22)14-15-7-3-2-4-8-15;/h2-10H,11-14H2,1H3,(H2,18,20,21);1H. The van der Waals surface area contributed by atoms with Gasteiger partial charge in [-0.3, -0.25) is 14.2 Å². The van der Waals surface area contributed by atoms with Crippen LogP contribution in [-0.2, 0) is 23.1 Å². The van der Waals surface area contributed by atoms with Crippen molar-refractivity contribution in [3.63, 3.8) is 0 Å². The van der Waals surface area contributed by atoms with Gasteiger partial charge < -0.3 is 10.6 Å². The van der Waals surface area contributed by atoms with E-state index in [1.807, 2.05) is 48.5 Å². The van der Waals surface area contributed by atoms with Crippen molar-refractivity contribution in [3.8, 4) is 0 Å². The molecule has 1 aromatic heterocycles. The third kappa shape index (κ3) is 7.87. The smallest absolute Gasteiger partial charge is 0.191 e. The Morgan fingerprint density at radius 3 is 2.54 bits per heavy atom. The molecule has 0 radical (unpaired) electrons. The summed E-state index contributed by atoms with van der Waals surface area (Å²) < 4.78 is 12.1. The van der Waals surface area contributed by atoms with Gasteiger partial charge in [0, 0.05) is 42.1 Å². The van der Waals surface area contributed by atoms with Gasteiger partial charge in [0.1, 0.15) is 0 Å². The van der Waals surface area contributed by atoms with Crippen molar-refractivity contribution in [1.29, 1.82) is 0 Å². The van der Waals surface area contributed by atoms with Crippen LogP contribution in [0.3, 0.4) is 0 Å². The van der Waals surface area contributed by atoms with Crippen LogP contribution >= 0.6 is 24.0 Å². The van der Waals surface area contributed by atoms with E-state index in [0.29, 0.717) is 30.6 Å². The number of nitrogens with zero attached hydrogens (tertiary/aromatic N) is 2. The number of pyridine rings is 1. The van der Waals surface area contributed by atoms with E-state index in [1.54, 1.807) is 13.2 Å². The lowest BCUT2D eigenvalue weighted by Crippen LogP contribution is -2.38. The van der Waals surface area contributed by atoms with Crippen LogP contribution in [0.4, 0.5) is 0 Å². The van der Waals surface area contributed by atoms with Crippen LogP contribution in [0.5, 0.6) is 0 Å². The van der Waals surface area contributed by atoms with Crippen molar-refractivity contribution in [1.82, 2.24) is 15.6 Å². The molecule has 0 aliphatic heterocycles. The average molecular weight is 458 g/mol. The van der Waals surface area contributed by atoms with Crippen LogP contribution < -0.4 is 10.6 Å². The fourth-order valence-corrected chi connectivity index (χ4v) is 3.05. The molecule has 24 heavy (non-hydrogen) atoms. The van der Waals surface area contributed by atoms with Gasteiger partial charge in [-0.25, -0.2) is 0 Å². The summed E-state index contributed by atoms with van der Waals surface area (Å²) in [5, 5.41) is 6.36. The highest BCUT2D eigenvalue weighted by Crippen LogP contribution is 2.02. The van der Waals surface area contributed by atoms with Gasteiger partial charge in [-0.05, 0) is 17.7 Å². The molecule has 0 saturated carbocycles. The minimum atomic E-state index is -0.887. The highest BCUT2D eigenvalue weighted by molar-refractivity contribution is 14.0. The van der Waals surface area contributed by atoms with Crippen LogP contribution in [0.1, 0.15) is 11.3 Å². The monoisotopic (exact) mass is 458 g/mol. The first-order valence-corrected chi connectivity index (χ1v) is 9.00. The molecule has 0 aliphatic rings. The van der Waals surface area contributed by atoms with Gasteiger partial charge in [0.05, 0.1) is 12.2 Å². The maximum absolute atomic E-state index is 12.1. The van der Waals surface area contributed by atoms with Gasteiger partial charge in [-0.1, -0.05) is 36.4 Å². The Morgan fingerprint density at radius 1 is 1.12 bits per heavy atom. The summed E-state index contributed by atoms with van der Waals surface area (Å²) in [6.07, 6.45) is 1.76. The third-order valence-electron chi connectivity index (χ3n) is 3.18. The summed E-state index contributed by atoms with van der Waals surface area (Å²) in [7, 11) is 0.830. The molecule has 0 aliphatic carbocycles. The number of guanidine groups is 1. The molecule has 2 rings (SSSR count). The van der Waals surface area contributed by atoms with E-state index in [4.69, 9.17) is 0 Å². The minimum Gasteiger partial charge on any atom is -0.355 e. The molecule has 7 heteroatoms. The third-order valence-corrected chi connectivity index (χ3v) is 4.49. The largest absolute Gasteiger partial charge is 0.355 e. The minimum absolute atomic E-state index is 0. The molecule has 1 aromatic carbocycles. The van der Waals surface area contributed by atoms with Gasteiger partial charge in [-0.2, -0.15) is 0 Å². The second-order valence-electron chi connectivity index (χ2n) is 4.95. The molecule has 1 unspecified atom stereocenters. The number of rotatable bonds is 7. The number of aliphatic imine (C=N–C) groups is 1. The normalized spacial score (nSPS) is 12.1. The summed E-state index contributed by atoms with van der Waals surface area (Å²) >= 11 is 0. The number of halogens is 1. The molecule has 1 heterocycles. The molecule has 2 aromatic rings. The Morgan fingerprint density at radius 2 is 1.88 bits per heavy atom. The van der Waals surface area contributed by atoms with Crippen molar-refractivity contribution in [3.05, 3.63) is 66.0 Å². The van der Waals surface area contributed by atoms with Crippen LogP contribution in [-0.4, -0.2) is 34.5 Å². The van der Waals surface area contributed by atoms with Gasteiger partial charge >= 0.3 is 0 Å². The van der Waals surface area contributed by atoms with Crippen molar-refractivity contribution in [2.45, 2.75) is 12.3 Å². The SMILES string of the molecule is CN=C(NCCS(=O)Cc1ccccc1)NCc1ccccn1.I. The summed E-state index contributed by atoms with van der Waals surface area (Å²) in [6.45, 7) is 1.22. The fraction of sp³-hybridized carbons (Fsp3) is 0.294. The lowest BCUT2D eigenvalue weighted by atomic mass is 10.2. The summed E-state index contributed by atoms with van der Waals surface area (Å²) in [5.41, 5.74) is 2.05. The highest BCUT2D eigenvalue weighted by atomic mass is 127. The number of hydrogen-bond donors (Lipinski definition) is 2. The first kappa shape index (κ1) is 20.6. The van der Waals surface area contributed by atoms with Gasteiger partial charge in [0.2, 0.25) is 0 Å². The topological polar surface area (TPSA) is 66.4 Å². The van der Waals surface area contributed by atoms with E-state index in [0.717, 1.165) is 11.3 Å². The second-order valence-corrected chi connectivity index (χ2v) is 6.52. The van der Waals surface area contributed by atoms with E-state index >= 15 is 0 Å². The molecule has 130 valence electrons. The number of hydrogen-bond acceptors (Lipinski definition) is 3. The lowest BCUT2D eigenvalue weighted by Gasteiger charge is -2.11. The zero-order chi connectivity index (χ0) is 16.3.